The van der Waals surface area contributed by atoms with Gasteiger partial charge in [-0.25, -0.2) is 4.79 Å². The highest BCUT2D eigenvalue weighted by molar-refractivity contribution is 5.90. The fourth-order valence-electron chi connectivity index (χ4n) is 3.64. The molecule has 0 spiro atoms. The Morgan fingerprint density at radius 3 is 2.80 bits per heavy atom. The van der Waals surface area contributed by atoms with Crippen LogP contribution in [0.25, 0.3) is 33.3 Å². The fourth-order valence-corrected chi connectivity index (χ4v) is 3.64. The van der Waals surface area contributed by atoms with Gasteiger partial charge >= 0.3 is 6.09 Å². The van der Waals surface area contributed by atoms with E-state index in [4.69, 9.17) is 20.3 Å². The number of furan rings is 1. The summed E-state index contributed by atoms with van der Waals surface area (Å²) in [6.07, 6.45) is 10.2. The number of nitrogens with zero attached hydrogens (tertiary/aromatic N) is 2. The zero-order valence-electron chi connectivity index (χ0n) is 20.2. The minimum atomic E-state index is -0.609. The minimum Gasteiger partial charge on any atom is -0.490 e. The second-order valence-electron chi connectivity index (χ2n) is 9.22. The van der Waals surface area contributed by atoms with Gasteiger partial charge in [0.1, 0.15) is 18.0 Å². The Labute approximate surface area is 204 Å². The van der Waals surface area contributed by atoms with Crippen LogP contribution in [0.3, 0.4) is 0 Å². The Balaban J connectivity index is 1.60. The van der Waals surface area contributed by atoms with Crippen molar-refractivity contribution >= 4 is 17.0 Å². The van der Waals surface area contributed by atoms with Crippen molar-refractivity contribution in [3.05, 3.63) is 54.7 Å². The number of fused-ring (bicyclic) bond motifs is 1. The number of benzene rings is 1. The number of nitrogens with one attached hydrogen (secondary N) is 2. The maximum absolute atomic E-state index is 12.2. The molecule has 35 heavy (non-hydrogen) atoms. The van der Waals surface area contributed by atoms with E-state index in [1.807, 2.05) is 31.2 Å². The van der Waals surface area contributed by atoms with Crippen molar-refractivity contribution in [2.24, 2.45) is 0 Å². The molecule has 8 nitrogen and oxygen atoms in total. The van der Waals surface area contributed by atoms with Crippen molar-refractivity contribution in [2.45, 2.75) is 45.8 Å². The summed E-state index contributed by atoms with van der Waals surface area (Å²) in [4.78, 5) is 16.9. The van der Waals surface area contributed by atoms with Gasteiger partial charge in [0.2, 0.25) is 0 Å². The molecule has 0 aliphatic rings. The third kappa shape index (κ3) is 5.82. The summed E-state index contributed by atoms with van der Waals surface area (Å²) < 4.78 is 16.6. The number of hydrogen-bond donors (Lipinski definition) is 2. The zero-order valence-corrected chi connectivity index (χ0v) is 20.2. The van der Waals surface area contributed by atoms with E-state index >= 15 is 0 Å². The van der Waals surface area contributed by atoms with E-state index in [9.17, 15) is 4.79 Å². The SMILES string of the molecule is C#CC[C@H](COc1cnc(-c2ccoc2)c(-c2ccc3n[nH]c(C)c3c2)c1)NC(=O)OC(C)(C)C. The lowest BCUT2D eigenvalue weighted by Crippen LogP contribution is -2.42. The minimum absolute atomic E-state index is 0.162. The Morgan fingerprint density at radius 1 is 1.26 bits per heavy atom. The molecule has 1 aromatic carbocycles. The van der Waals surface area contributed by atoms with E-state index in [-0.39, 0.29) is 6.61 Å². The molecule has 0 saturated carbocycles. The van der Waals surface area contributed by atoms with Crippen LogP contribution in [0.2, 0.25) is 0 Å². The van der Waals surface area contributed by atoms with E-state index in [2.05, 4.69) is 32.5 Å². The summed E-state index contributed by atoms with van der Waals surface area (Å²) >= 11 is 0. The Kier molecular flexibility index (Phi) is 6.78. The molecule has 0 aliphatic carbocycles. The Bertz CT molecular complexity index is 1360. The van der Waals surface area contributed by atoms with Gasteiger partial charge in [-0.3, -0.25) is 10.1 Å². The second-order valence-corrected chi connectivity index (χ2v) is 9.22. The van der Waals surface area contributed by atoms with E-state index < -0.39 is 17.7 Å². The van der Waals surface area contributed by atoms with Gasteiger partial charge in [-0.1, -0.05) is 6.07 Å². The fraction of sp³-hybridized carbons (Fsp3) is 0.296. The largest absolute Gasteiger partial charge is 0.490 e. The van der Waals surface area contributed by atoms with Gasteiger partial charge in [-0.05, 0) is 57.5 Å². The van der Waals surface area contributed by atoms with Crippen LogP contribution in [-0.4, -0.2) is 39.5 Å². The lowest BCUT2D eigenvalue weighted by atomic mass is 9.99. The summed E-state index contributed by atoms with van der Waals surface area (Å²) in [5, 5.41) is 11.1. The number of ether oxygens (including phenoxy) is 2. The third-order valence-corrected chi connectivity index (χ3v) is 5.25. The number of aromatic nitrogens is 3. The quantitative estimate of drug-likeness (QED) is 0.345. The van der Waals surface area contributed by atoms with Crippen LogP contribution >= 0.6 is 0 Å². The number of carbonyl (C=O) groups excluding carboxylic acids is 1. The lowest BCUT2D eigenvalue weighted by molar-refractivity contribution is 0.0489. The number of terminal acetylenes is 1. The van der Waals surface area contributed by atoms with Crippen molar-refractivity contribution in [2.75, 3.05) is 6.61 Å². The molecule has 1 atom stereocenters. The number of H-pyrrole nitrogens is 1. The number of pyridine rings is 1. The molecule has 180 valence electrons. The van der Waals surface area contributed by atoms with Gasteiger partial charge in [0, 0.05) is 28.6 Å². The monoisotopic (exact) mass is 472 g/mol. The summed E-state index contributed by atoms with van der Waals surface area (Å²) in [5.74, 6) is 3.12. The smallest absolute Gasteiger partial charge is 0.408 e. The van der Waals surface area contributed by atoms with Crippen molar-refractivity contribution in [1.29, 1.82) is 0 Å². The lowest BCUT2D eigenvalue weighted by Gasteiger charge is -2.23. The highest BCUT2D eigenvalue weighted by Crippen LogP contribution is 2.35. The summed E-state index contributed by atoms with van der Waals surface area (Å²) in [6, 6.07) is 9.40. The van der Waals surface area contributed by atoms with Crippen molar-refractivity contribution in [1.82, 2.24) is 20.5 Å². The highest BCUT2D eigenvalue weighted by atomic mass is 16.6. The molecule has 0 saturated heterocycles. The molecular weight excluding hydrogens is 444 g/mol. The number of hydrogen-bond acceptors (Lipinski definition) is 6. The zero-order chi connectivity index (χ0) is 25.0. The standard InChI is InChI=1S/C27H28N4O4/c1-6-7-20(29-26(32)35-27(3,4)5)16-34-21-13-23(25(28-14-21)19-10-11-33-15-19)18-8-9-24-22(12-18)17(2)30-31-24/h1,8-15,20H,7,16H2,2-5H3,(H,29,32)(H,30,31)/t20-/m1/s1. The molecule has 0 unspecified atom stereocenters. The van der Waals surface area contributed by atoms with Crippen LogP contribution in [0.1, 0.15) is 32.9 Å². The van der Waals surface area contributed by atoms with Gasteiger partial charge in [0.05, 0.1) is 36.0 Å². The summed E-state index contributed by atoms with van der Waals surface area (Å²) in [7, 11) is 0. The van der Waals surface area contributed by atoms with E-state index in [1.54, 1.807) is 39.5 Å². The number of carbonyl (C=O) groups is 1. The molecule has 4 rings (SSSR count). The molecule has 0 aliphatic heterocycles. The van der Waals surface area contributed by atoms with Crippen molar-refractivity contribution in [3.63, 3.8) is 0 Å². The molecule has 8 heteroatoms. The molecule has 3 heterocycles. The number of aryl methyl sites for hydroxylation is 1. The number of alkyl carbamates (subject to hydrolysis) is 1. The number of amides is 1. The average molecular weight is 473 g/mol. The molecule has 4 aromatic rings. The van der Waals surface area contributed by atoms with Crippen LogP contribution in [-0.2, 0) is 4.74 Å². The first kappa shape index (κ1) is 23.9. The van der Waals surface area contributed by atoms with Crippen molar-refractivity contribution < 1.29 is 18.7 Å². The van der Waals surface area contributed by atoms with Crippen LogP contribution in [0.5, 0.6) is 5.75 Å². The first-order valence-electron chi connectivity index (χ1n) is 11.3. The normalized spacial score (nSPS) is 12.2. The van der Waals surface area contributed by atoms with E-state index in [1.165, 1.54) is 0 Å². The molecule has 0 fully saturated rings. The molecule has 2 N–H and O–H groups in total. The first-order chi connectivity index (χ1) is 16.7. The summed E-state index contributed by atoms with van der Waals surface area (Å²) in [6.45, 7) is 7.55. The van der Waals surface area contributed by atoms with Crippen LogP contribution < -0.4 is 10.1 Å². The average Bonchev–Trinajstić information content (AvgIpc) is 3.46. The topological polar surface area (TPSA) is 102 Å². The predicted molar refractivity (Wildman–Crippen MR) is 134 cm³/mol. The van der Waals surface area contributed by atoms with Crippen LogP contribution in [0, 0.1) is 19.3 Å². The first-order valence-corrected chi connectivity index (χ1v) is 11.3. The maximum Gasteiger partial charge on any atom is 0.408 e. The van der Waals surface area contributed by atoms with Crippen molar-refractivity contribution in [3.8, 4) is 40.5 Å². The van der Waals surface area contributed by atoms with Crippen LogP contribution in [0.15, 0.2) is 53.5 Å². The Morgan fingerprint density at radius 2 is 2.09 bits per heavy atom. The van der Waals surface area contributed by atoms with Crippen LogP contribution in [0.4, 0.5) is 4.79 Å². The van der Waals surface area contributed by atoms with Gasteiger partial charge in [0.25, 0.3) is 0 Å². The number of rotatable bonds is 7. The highest BCUT2D eigenvalue weighted by Gasteiger charge is 2.20. The maximum atomic E-state index is 12.2. The Hall–Kier alpha value is -4.25. The second kappa shape index (κ2) is 9.94. The molecule has 3 aromatic heterocycles. The van der Waals surface area contributed by atoms with Gasteiger partial charge in [-0.15, -0.1) is 12.3 Å². The predicted octanol–water partition coefficient (Wildman–Crippen LogP) is 5.49. The number of aromatic amines is 1. The third-order valence-electron chi connectivity index (χ3n) is 5.25. The summed E-state index contributed by atoms with van der Waals surface area (Å²) in [5.41, 5.74) is 4.72. The van der Waals surface area contributed by atoms with E-state index in [0.29, 0.717) is 12.2 Å². The molecule has 0 radical (unpaired) electrons. The van der Waals surface area contributed by atoms with Gasteiger partial charge in [-0.2, -0.15) is 5.10 Å². The van der Waals surface area contributed by atoms with E-state index in [0.717, 1.165) is 39.0 Å². The molecule has 0 bridgehead atoms. The van der Waals surface area contributed by atoms with Gasteiger partial charge in [0.15, 0.2) is 0 Å². The molecular formula is C27H28N4O4. The van der Waals surface area contributed by atoms with Gasteiger partial charge < -0.3 is 19.2 Å². The molecule has 1 amide bonds.